The number of rotatable bonds is 5. The highest BCUT2D eigenvalue weighted by molar-refractivity contribution is 5.92. The summed E-state index contributed by atoms with van der Waals surface area (Å²) in [4.78, 5) is 15.5. The maximum absolute atomic E-state index is 12.3. The van der Waals surface area contributed by atoms with Crippen LogP contribution in [0.25, 0.3) is 22.2 Å². The minimum atomic E-state index is -0.211. The van der Waals surface area contributed by atoms with E-state index in [2.05, 4.69) is 26.6 Å². The van der Waals surface area contributed by atoms with Crippen LogP contribution < -0.4 is 5.32 Å². The van der Waals surface area contributed by atoms with Crippen LogP contribution in [0.3, 0.4) is 0 Å². The molecule has 4 aromatic rings. The standard InChI is InChI=1S/C21H18N4O/c26-21(20-11-10-18(24-25-20)15-6-2-1-3-7-15)22-13-12-16-14-23-19-9-5-4-8-17(16)19/h1-11,14,23H,12-13H2,(H,22,26). The Morgan fingerprint density at radius 3 is 2.54 bits per heavy atom. The number of hydrogen-bond donors (Lipinski definition) is 2. The molecule has 0 aliphatic heterocycles. The normalized spacial score (nSPS) is 10.8. The Bertz CT molecular complexity index is 1020. The second kappa shape index (κ2) is 7.19. The van der Waals surface area contributed by atoms with Crippen LogP contribution in [0, 0.1) is 0 Å². The van der Waals surface area contributed by atoms with Gasteiger partial charge in [0, 0.05) is 29.2 Å². The van der Waals surface area contributed by atoms with Crippen LogP contribution in [-0.2, 0) is 6.42 Å². The average molecular weight is 342 g/mol. The molecule has 0 atom stereocenters. The predicted molar refractivity (Wildman–Crippen MR) is 102 cm³/mol. The van der Waals surface area contributed by atoms with E-state index in [1.807, 2.05) is 60.8 Å². The van der Waals surface area contributed by atoms with E-state index in [0.717, 1.165) is 23.2 Å². The first-order valence-corrected chi connectivity index (χ1v) is 8.53. The molecular weight excluding hydrogens is 324 g/mol. The third-order valence-electron chi connectivity index (χ3n) is 4.32. The number of fused-ring (bicyclic) bond motifs is 1. The largest absolute Gasteiger partial charge is 0.361 e. The highest BCUT2D eigenvalue weighted by Gasteiger charge is 2.09. The molecule has 2 heterocycles. The van der Waals surface area contributed by atoms with E-state index in [1.54, 1.807) is 6.07 Å². The van der Waals surface area contributed by atoms with Gasteiger partial charge in [-0.05, 0) is 30.2 Å². The Hall–Kier alpha value is -3.47. The maximum atomic E-state index is 12.3. The summed E-state index contributed by atoms with van der Waals surface area (Å²) < 4.78 is 0. The smallest absolute Gasteiger partial charge is 0.271 e. The third kappa shape index (κ3) is 3.32. The van der Waals surface area contributed by atoms with Crippen molar-refractivity contribution in [1.82, 2.24) is 20.5 Å². The molecule has 5 nitrogen and oxygen atoms in total. The van der Waals surface area contributed by atoms with Gasteiger partial charge in [0.2, 0.25) is 0 Å². The first-order chi connectivity index (χ1) is 12.8. The molecule has 0 unspecified atom stereocenters. The van der Waals surface area contributed by atoms with Gasteiger partial charge in [0.1, 0.15) is 0 Å². The summed E-state index contributed by atoms with van der Waals surface area (Å²) in [6.07, 6.45) is 2.75. The highest BCUT2D eigenvalue weighted by atomic mass is 16.1. The molecule has 0 radical (unpaired) electrons. The molecule has 0 spiro atoms. The van der Waals surface area contributed by atoms with Crippen molar-refractivity contribution in [2.45, 2.75) is 6.42 Å². The second-order valence-corrected chi connectivity index (χ2v) is 6.04. The van der Waals surface area contributed by atoms with Gasteiger partial charge in [-0.1, -0.05) is 48.5 Å². The minimum Gasteiger partial charge on any atom is -0.361 e. The summed E-state index contributed by atoms with van der Waals surface area (Å²) in [7, 11) is 0. The number of hydrogen-bond acceptors (Lipinski definition) is 3. The molecule has 2 N–H and O–H groups in total. The minimum absolute atomic E-state index is 0.211. The molecule has 0 fully saturated rings. The van der Waals surface area contributed by atoms with Gasteiger partial charge >= 0.3 is 0 Å². The monoisotopic (exact) mass is 342 g/mol. The lowest BCUT2D eigenvalue weighted by Gasteiger charge is -2.05. The summed E-state index contributed by atoms with van der Waals surface area (Å²) >= 11 is 0. The van der Waals surface area contributed by atoms with E-state index in [9.17, 15) is 4.79 Å². The van der Waals surface area contributed by atoms with E-state index in [-0.39, 0.29) is 5.91 Å². The Morgan fingerprint density at radius 2 is 1.73 bits per heavy atom. The number of aromatic nitrogens is 3. The van der Waals surface area contributed by atoms with Crippen molar-refractivity contribution in [3.05, 3.63) is 84.2 Å². The number of amides is 1. The number of nitrogens with zero attached hydrogens (tertiary/aromatic N) is 2. The zero-order valence-corrected chi connectivity index (χ0v) is 14.1. The van der Waals surface area contributed by atoms with E-state index >= 15 is 0 Å². The van der Waals surface area contributed by atoms with Gasteiger partial charge in [-0.3, -0.25) is 4.79 Å². The lowest BCUT2D eigenvalue weighted by molar-refractivity contribution is 0.0948. The maximum Gasteiger partial charge on any atom is 0.271 e. The first-order valence-electron chi connectivity index (χ1n) is 8.53. The SMILES string of the molecule is O=C(NCCc1c[nH]c2ccccc12)c1ccc(-c2ccccc2)nn1. The van der Waals surface area contributed by atoms with Crippen molar-refractivity contribution in [2.75, 3.05) is 6.54 Å². The van der Waals surface area contributed by atoms with Crippen LogP contribution in [0.1, 0.15) is 16.1 Å². The average Bonchev–Trinajstić information content (AvgIpc) is 3.12. The molecular formula is C21H18N4O. The fourth-order valence-electron chi connectivity index (χ4n) is 2.96. The molecule has 26 heavy (non-hydrogen) atoms. The van der Waals surface area contributed by atoms with Gasteiger partial charge in [-0.2, -0.15) is 0 Å². The van der Waals surface area contributed by atoms with Gasteiger partial charge in [-0.15, -0.1) is 10.2 Å². The molecule has 0 aliphatic rings. The van der Waals surface area contributed by atoms with Gasteiger partial charge in [0.25, 0.3) is 5.91 Å². The van der Waals surface area contributed by atoms with Crippen LogP contribution in [0.4, 0.5) is 0 Å². The fourth-order valence-corrected chi connectivity index (χ4v) is 2.96. The molecule has 128 valence electrons. The Morgan fingerprint density at radius 1 is 0.923 bits per heavy atom. The first kappa shape index (κ1) is 16.0. The summed E-state index contributed by atoms with van der Waals surface area (Å²) in [5, 5.41) is 12.3. The summed E-state index contributed by atoms with van der Waals surface area (Å²) in [5.41, 5.74) is 4.35. The zero-order chi connectivity index (χ0) is 17.8. The number of carbonyl (C=O) groups is 1. The summed E-state index contributed by atoms with van der Waals surface area (Å²) in [6, 6.07) is 21.4. The van der Waals surface area contributed by atoms with Gasteiger partial charge in [-0.25, -0.2) is 0 Å². The van der Waals surface area contributed by atoms with Crippen molar-refractivity contribution in [2.24, 2.45) is 0 Å². The summed E-state index contributed by atoms with van der Waals surface area (Å²) in [5.74, 6) is -0.211. The molecule has 0 aliphatic carbocycles. The molecule has 0 bridgehead atoms. The van der Waals surface area contributed by atoms with Crippen LogP contribution >= 0.6 is 0 Å². The predicted octanol–water partition coefficient (Wildman–Crippen LogP) is 3.60. The molecule has 5 heteroatoms. The lowest BCUT2D eigenvalue weighted by atomic mass is 10.1. The van der Waals surface area contributed by atoms with Gasteiger partial charge in [0.15, 0.2) is 5.69 Å². The molecule has 2 aromatic carbocycles. The third-order valence-corrected chi connectivity index (χ3v) is 4.32. The quantitative estimate of drug-likeness (QED) is 0.582. The van der Waals surface area contributed by atoms with Gasteiger partial charge < -0.3 is 10.3 Å². The topological polar surface area (TPSA) is 70.7 Å². The van der Waals surface area contributed by atoms with E-state index in [4.69, 9.17) is 0 Å². The Labute approximate surface area is 151 Å². The molecule has 0 saturated heterocycles. The van der Waals surface area contributed by atoms with Gasteiger partial charge in [0.05, 0.1) is 5.69 Å². The van der Waals surface area contributed by atoms with Crippen LogP contribution in [0.15, 0.2) is 72.9 Å². The van der Waals surface area contributed by atoms with Crippen LogP contribution in [-0.4, -0.2) is 27.6 Å². The van der Waals surface area contributed by atoms with Crippen molar-refractivity contribution >= 4 is 16.8 Å². The number of benzene rings is 2. The van der Waals surface area contributed by atoms with Crippen molar-refractivity contribution in [1.29, 1.82) is 0 Å². The fraction of sp³-hybridized carbons (Fsp3) is 0.0952. The molecule has 4 rings (SSSR count). The molecule has 0 saturated carbocycles. The lowest BCUT2D eigenvalue weighted by Crippen LogP contribution is -2.26. The number of nitrogens with one attached hydrogen (secondary N) is 2. The summed E-state index contributed by atoms with van der Waals surface area (Å²) in [6.45, 7) is 0.544. The van der Waals surface area contributed by atoms with Crippen LogP contribution in [0.5, 0.6) is 0 Å². The molecule has 1 amide bonds. The van der Waals surface area contributed by atoms with E-state index in [1.165, 1.54) is 10.9 Å². The van der Waals surface area contributed by atoms with Crippen LogP contribution in [0.2, 0.25) is 0 Å². The number of carbonyl (C=O) groups excluding carboxylic acids is 1. The molecule has 2 aromatic heterocycles. The second-order valence-electron chi connectivity index (χ2n) is 6.04. The number of aromatic amines is 1. The zero-order valence-electron chi connectivity index (χ0n) is 14.1. The van der Waals surface area contributed by atoms with E-state index in [0.29, 0.717) is 12.2 Å². The van der Waals surface area contributed by atoms with Crippen molar-refractivity contribution in [3.8, 4) is 11.3 Å². The van der Waals surface area contributed by atoms with Crippen molar-refractivity contribution < 1.29 is 4.79 Å². The Balaban J connectivity index is 1.37. The van der Waals surface area contributed by atoms with E-state index < -0.39 is 0 Å². The number of para-hydroxylation sites is 1. The van der Waals surface area contributed by atoms with Crippen molar-refractivity contribution in [3.63, 3.8) is 0 Å². The Kier molecular flexibility index (Phi) is 4.43. The number of H-pyrrole nitrogens is 1. The highest BCUT2D eigenvalue weighted by Crippen LogP contribution is 2.18.